The summed E-state index contributed by atoms with van der Waals surface area (Å²) in [5.74, 6) is -0.980. The molecule has 0 aliphatic heterocycles. The van der Waals surface area contributed by atoms with E-state index in [0.29, 0.717) is 0 Å². The fourth-order valence-electron chi connectivity index (χ4n) is 0.213. The molecule has 1 radical (unpaired) electrons. The maximum atomic E-state index is 10.1. The Balaban J connectivity index is 0. The van der Waals surface area contributed by atoms with E-state index in [9.17, 15) is 9.36 Å². The van der Waals surface area contributed by atoms with Crippen molar-refractivity contribution in [3.8, 4) is 0 Å². The Morgan fingerprint density at radius 3 is 2.12 bits per heavy atom. The fraction of sp³-hybridized carbons (Fsp3) is 0.667. The summed E-state index contributed by atoms with van der Waals surface area (Å²) in [6.45, 7) is 1.43. The van der Waals surface area contributed by atoms with Crippen molar-refractivity contribution in [2.45, 2.75) is 0 Å². The van der Waals surface area contributed by atoms with Gasteiger partial charge >= 0.3 is 5.97 Å². The number of rotatable bonds is 2. The maximum absolute atomic E-state index is 10.1. The van der Waals surface area contributed by atoms with Gasteiger partial charge in [-0.25, -0.2) is 0 Å². The zero-order chi connectivity index (χ0) is 5.86. The Hall–Kier alpha value is 0.804. The van der Waals surface area contributed by atoms with E-state index in [2.05, 4.69) is 0 Å². The van der Waals surface area contributed by atoms with Crippen molar-refractivity contribution in [3.05, 3.63) is 0 Å². The van der Waals surface area contributed by atoms with Crippen LogP contribution in [0.4, 0.5) is 0 Å². The number of hydrogen-bond donors (Lipinski definition) is 1. The summed E-state index contributed by atoms with van der Waals surface area (Å²) in [5.41, 5.74) is 0. The first kappa shape index (κ1) is 11.6. The van der Waals surface area contributed by atoms with Crippen LogP contribution in [0.1, 0.15) is 0 Å². The van der Waals surface area contributed by atoms with Crippen molar-refractivity contribution in [2.24, 2.45) is 0 Å². The minimum absolute atomic E-state index is 0. The Morgan fingerprint density at radius 1 is 1.75 bits per heavy atom. The summed E-state index contributed by atoms with van der Waals surface area (Å²) >= 11 is 0. The second kappa shape index (κ2) is 5.93. The zero-order valence-corrected chi connectivity index (χ0v) is 8.39. The van der Waals surface area contributed by atoms with Crippen molar-refractivity contribution >= 4 is 13.8 Å². The summed E-state index contributed by atoms with van der Waals surface area (Å²) in [7, 11) is -1.78. The molecular weight excluding hydrogens is 204 g/mol. The van der Waals surface area contributed by atoms with E-state index in [-0.39, 0.29) is 38.9 Å². The van der Waals surface area contributed by atoms with E-state index in [1.54, 1.807) is 0 Å². The molecule has 0 aromatic rings. The van der Waals surface area contributed by atoms with Gasteiger partial charge in [0.15, 0.2) is 0 Å². The standard InChI is InChI=1S/C3H7O3P.Y/c1-7(6)2-3(4)5;/h7H,2H2,1H3,(H,4,5);. The van der Waals surface area contributed by atoms with Crippen LogP contribution in [0.2, 0.25) is 0 Å². The van der Waals surface area contributed by atoms with Gasteiger partial charge in [-0.2, -0.15) is 0 Å². The monoisotopic (exact) mass is 211 g/mol. The number of carbonyl (C=O) groups is 1. The molecular formula is C3H7O3PY. The molecule has 0 aliphatic rings. The van der Waals surface area contributed by atoms with Crippen LogP contribution in [0.3, 0.4) is 0 Å². The second-order valence-corrected chi connectivity index (χ2v) is 3.03. The van der Waals surface area contributed by atoms with E-state index in [4.69, 9.17) is 5.11 Å². The normalized spacial score (nSPS) is 11.6. The van der Waals surface area contributed by atoms with Gasteiger partial charge in [0, 0.05) is 32.7 Å². The predicted molar refractivity (Wildman–Crippen MR) is 27.4 cm³/mol. The van der Waals surface area contributed by atoms with Crippen LogP contribution in [0.5, 0.6) is 0 Å². The molecule has 0 rings (SSSR count). The van der Waals surface area contributed by atoms with Crippen LogP contribution in [0, 0.1) is 0 Å². The molecule has 0 heterocycles. The topological polar surface area (TPSA) is 54.4 Å². The molecule has 1 N–H and O–H groups in total. The van der Waals surface area contributed by atoms with Crippen molar-refractivity contribution < 1.29 is 47.2 Å². The Morgan fingerprint density at radius 2 is 2.12 bits per heavy atom. The third kappa shape index (κ3) is 9.93. The summed E-state index contributed by atoms with van der Waals surface area (Å²) in [6.07, 6.45) is -0.176. The van der Waals surface area contributed by atoms with Crippen LogP contribution in [-0.2, 0) is 42.1 Å². The minimum Gasteiger partial charge on any atom is -0.481 e. The van der Waals surface area contributed by atoms with E-state index in [0.717, 1.165) is 0 Å². The number of aliphatic carboxylic acids is 1. The maximum Gasteiger partial charge on any atom is 0.310 e. The molecule has 0 aliphatic carbocycles. The molecule has 0 aromatic carbocycles. The molecule has 0 saturated carbocycles. The van der Waals surface area contributed by atoms with Crippen LogP contribution in [0.15, 0.2) is 0 Å². The van der Waals surface area contributed by atoms with Gasteiger partial charge in [0.05, 0.1) is 14.0 Å². The largest absolute Gasteiger partial charge is 0.481 e. The first-order chi connectivity index (χ1) is 3.13. The molecule has 1 atom stereocenters. The quantitative estimate of drug-likeness (QED) is 0.666. The third-order valence-corrected chi connectivity index (χ3v) is 1.20. The molecule has 0 saturated heterocycles. The number of carboxylic acids is 1. The molecule has 0 bridgehead atoms. The SMILES string of the molecule is C[PH](=O)CC(=O)O.[Y]. The average Bonchev–Trinajstić information content (AvgIpc) is 1.27. The molecule has 8 heavy (non-hydrogen) atoms. The minimum atomic E-state index is -1.78. The Kier molecular flexibility index (Phi) is 8.59. The van der Waals surface area contributed by atoms with Crippen molar-refractivity contribution in [2.75, 3.05) is 12.8 Å². The van der Waals surface area contributed by atoms with Gasteiger partial charge in [-0.15, -0.1) is 0 Å². The average molecular weight is 211 g/mol. The van der Waals surface area contributed by atoms with Crippen LogP contribution in [-0.4, -0.2) is 23.9 Å². The molecule has 0 fully saturated rings. The van der Waals surface area contributed by atoms with Gasteiger partial charge < -0.3 is 9.67 Å². The molecule has 0 aromatic heterocycles. The van der Waals surface area contributed by atoms with Crippen molar-refractivity contribution in [3.63, 3.8) is 0 Å². The predicted octanol–water partition coefficient (Wildman–Crippen LogP) is 0.258. The molecule has 5 heteroatoms. The van der Waals surface area contributed by atoms with Gasteiger partial charge in [-0.3, -0.25) is 4.79 Å². The first-order valence-electron chi connectivity index (χ1n) is 1.84. The van der Waals surface area contributed by atoms with E-state index < -0.39 is 13.8 Å². The summed E-state index contributed by atoms with van der Waals surface area (Å²) in [6, 6.07) is 0. The van der Waals surface area contributed by atoms with Crippen LogP contribution < -0.4 is 0 Å². The smallest absolute Gasteiger partial charge is 0.310 e. The Bertz CT molecular complexity index is 90.7. The molecule has 0 spiro atoms. The third-order valence-electron chi connectivity index (χ3n) is 0.400. The van der Waals surface area contributed by atoms with Gasteiger partial charge in [-0.05, 0) is 6.66 Å². The van der Waals surface area contributed by atoms with Gasteiger partial charge in [0.2, 0.25) is 0 Å². The van der Waals surface area contributed by atoms with Crippen LogP contribution in [0.25, 0.3) is 0 Å². The molecule has 3 nitrogen and oxygen atoms in total. The van der Waals surface area contributed by atoms with Crippen molar-refractivity contribution in [1.29, 1.82) is 0 Å². The van der Waals surface area contributed by atoms with Crippen molar-refractivity contribution in [1.82, 2.24) is 0 Å². The second-order valence-electron chi connectivity index (χ2n) is 1.27. The fourth-order valence-corrected chi connectivity index (χ4v) is 0.639. The van der Waals surface area contributed by atoms with Gasteiger partial charge in [0.25, 0.3) is 0 Å². The number of carboxylic acid groups (broad SMARTS) is 1. The molecule has 45 valence electrons. The van der Waals surface area contributed by atoms with Gasteiger partial charge in [0.1, 0.15) is 0 Å². The summed E-state index contributed by atoms with van der Waals surface area (Å²) < 4.78 is 10.1. The van der Waals surface area contributed by atoms with Gasteiger partial charge in [-0.1, -0.05) is 0 Å². The first-order valence-corrected chi connectivity index (χ1v) is 3.95. The summed E-state index contributed by atoms with van der Waals surface area (Å²) in [4.78, 5) is 9.64. The molecule has 0 amide bonds. The van der Waals surface area contributed by atoms with Crippen LogP contribution >= 0.6 is 7.80 Å². The Labute approximate surface area is 73.5 Å². The number of hydrogen-bond acceptors (Lipinski definition) is 2. The summed E-state index contributed by atoms with van der Waals surface area (Å²) in [5, 5.41) is 7.91. The van der Waals surface area contributed by atoms with E-state index in [1.165, 1.54) is 6.66 Å². The zero-order valence-electron chi connectivity index (χ0n) is 4.55. The van der Waals surface area contributed by atoms with E-state index >= 15 is 0 Å². The molecule has 1 unspecified atom stereocenters. The van der Waals surface area contributed by atoms with E-state index in [1.807, 2.05) is 0 Å².